The molecule has 0 fully saturated rings. The van der Waals surface area contributed by atoms with E-state index in [1.54, 1.807) is 31.2 Å². The third-order valence-corrected chi connectivity index (χ3v) is 5.13. The molecule has 2 rings (SSSR count). The fourth-order valence-electron chi connectivity index (χ4n) is 2.05. The molecular weight excluding hydrogens is 336 g/mol. The molecule has 1 amide bonds. The zero-order valence-corrected chi connectivity index (χ0v) is 14.5. The molecule has 0 radical (unpaired) electrons. The van der Waals surface area contributed by atoms with E-state index in [2.05, 4.69) is 10.0 Å². The van der Waals surface area contributed by atoms with Gasteiger partial charge >= 0.3 is 0 Å². The second-order valence-corrected chi connectivity index (χ2v) is 7.42. The Bertz CT molecular complexity index is 864. The van der Waals surface area contributed by atoms with Crippen LogP contribution < -0.4 is 10.0 Å². The number of carbonyl (C=O) groups is 1. The summed E-state index contributed by atoms with van der Waals surface area (Å²) < 4.78 is 26.0. The van der Waals surface area contributed by atoms with Crippen molar-refractivity contribution >= 4 is 33.2 Å². The molecule has 0 bridgehead atoms. The molecule has 0 saturated carbocycles. The van der Waals surface area contributed by atoms with Crippen LogP contribution in [0, 0.1) is 13.8 Å². The van der Waals surface area contributed by atoms with Gasteiger partial charge in [-0.3, -0.25) is 4.79 Å². The van der Waals surface area contributed by atoms with Crippen molar-refractivity contribution in [3.05, 3.63) is 58.1 Å². The highest BCUT2D eigenvalue weighted by atomic mass is 35.5. The largest absolute Gasteiger partial charge is 0.322 e. The van der Waals surface area contributed by atoms with Crippen LogP contribution in [0.4, 0.5) is 5.69 Å². The highest BCUT2D eigenvalue weighted by Gasteiger charge is 2.17. The van der Waals surface area contributed by atoms with Crippen molar-refractivity contribution in [3.8, 4) is 0 Å². The Morgan fingerprint density at radius 2 is 1.70 bits per heavy atom. The molecule has 0 atom stereocenters. The predicted octanol–water partition coefficient (Wildman–Crippen LogP) is 3.12. The van der Waals surface area contributed by atoms with E-state index in [0.717, 1.165) is 5.56 Å². The molecule has 2 N–H and O–H groups in total. The predicted molar refractivity (Wildman–Crippen MR) is 91.6 cm³/mol. The normalized spacial score (nSPS) is 11.3. The lowest BCUT2D eigenvalue weighted by Gasteiger charge is -2.12. The number of aryl methyl sites for hydroxylation is 2. The van der Waals surface area contributed by atoms with Crippen molar-refractivity contribution in [2.45, 2.75) is 18.7 Å². The number of nitrogens with one attached hydrogen (secondary N) is 2. The molecule has 0 aliphatic rings. The average Bonchev–Trinajstić information content (AvgIpc) is 2.51. The minimum atomic E-state index is -3.61. The summed E-state index contributed by atoms with van der Waals surface area (Å²) in [7, 11) is -2.29. The Morgan fingerprint density at radius 1 is 1.04 bits per heavy atom. The Morgan fingerprint density at radius 3 is 2.35 bits per heavy atom. The molecule has 7 heteroatoms. The SMILES string of the molecule is CNS(=O)(=O)c1ccc(C)c(C(=O)Nc2cc(Cl)ccc2C)c1. The number of carbonyl (C=O) groups excluding carboxylic acids is 1. The van der Waals surface area contributed by atoms with Gasteiger partial charge in [0.15, 0.2) is 0 Å². The molecule has 0 aliphatic heterocycles. The Balaban J connectivity index is 2.39. The van der Waals surface area contributed by atoms with Crippen molar-refractivity contribution in [3.63, 3.8) is 0 Å². The van der Waals surface area contributed by atoms with Gasteiger partial charge in [-0.1, -0.05) is 23.7 Å². The number of benzene rings is 2. The molecule has 5 nitrogen and oxygen atoms in total. The van der Waals surface area contributed by atoms with Gasteiger partial charge in [-0.25, -0.2) is 13.1 Å². The van der Waals surface area contributed by atoms with E-state index >= 15 is 0 Å². The van der Waals surface area contributed by atoms with Crippen LogP contribution in [0.5, 0.6) is 0 Å². The first-order valence-electron chi connectivity index (χ1n) is 6.86. The van der Waals surface area contributed by atoms with E-state index in [0.29, 0.717) is 21.8 Å². The van der Waals surface area contributed by atoms with Gasteiger partial charge in [-0.15, -0.1) is 0 Å². The fourth-order valence-corrected chi connectivity index (χ4v) is 2.98. The van der Waals surface area contributed by atoms with E-state index < -0.39 is 10.0 Å². The zero-order chi connectivity index (χ0) is 17.2. The quantitative estimate of drug-likeness (QED) is 0.887. The number of sulfonamides is 1. The first-order valence-corrected chi connectivity index (χ1v) is 8.72. The molecule has 0 aliphatic carbocycles. The highest BCUT2D eigenvalue weighted by molar-refractivity contribution is 7.89. The number of halogens is 1. The summed E-state index contributed by atoms with van der Waals surface area (Å²) in [4.78, 5) is 12.5. The molecule has 23 heavy (non-hydrogen) atoms. The van der Waals surface area contributed by atoms with Crippen molar-refractivity contribution in [1.82, 2.24) is 4.72 Å². The van der Waals surface area contributed by atoms with Crippen molar-refractivity contribution < 1.29 is 13.2 Å². The van der Waals surface area contributed by atoms with E-state index in [-0.39, 0.29) is 10.8 Å². The van der Waals surface area contributed by atoms with Gasteiger partial charge in [0.25, 0.3) is 5.91 Å². The zero-order valence-electron chi connectivity index (χ0n) is 13.0. The molecule has 0 saturated heterocycles. The topological polar surface area (TPSA) is 75.3 Å². The van der Waals surface area contributed by atoms with Crippen LogP contribution in [-0.2, 0) is 10.0 Å². The van der Waals surface area contributed by atoms with Crippen molar-refractivity contribution in [1.29, 1.82) is 0 Å². The first kappa shape index (κ1) is 17.5. The molecule has 0 unspecified atom stereocenters. The minimum absolute atomic E-state index is 0.0403. The van der Waals surface area contributed by atoms with Gasteiger partial charge < -0.3 is 5.32 Å². The van der Waals surface area contributed by atoms with E-state index in [1.165, 1.54) is 19.2 Å². The molecule has 122 valence electrons. The van der Waals surface area contributed by atoms with Gasteiger partial charge in [0.05, 0.1) is 4.90 Å². The number of rotatable bonds is 4. The maximum atomic E-state index is 12.5. The number of hydrogen-bond acceptors (Lipinski definition) is 3. The van der Waals surface area contributed by atoms with Gasteiger partial charge in [-0.05, 0) is 56.3 Å². The average molecular weight is 353 g/mol. The van der Waals surface area contributed by atoms with E-state index in [9.17, 15) is 13.2 Å². The highest BCUT2D eigenvalue weighted by Crippen LogP contribution is 2.22. The summed E-state index contributed by atoms with van der Waals surface area (Å²) in [6.07, 6.45) is 0. The van der Waals surface area contributed by atoms with Gasteiger partial charge in [0, 0.05) is 16.3 Å². The molecule has 0 aromatic heterocycles. The summed E-state index contributed by atoms with van der Waals surface area (Å²) in [6.45, 7) is 3.59. The second kappa shape index (κ2) is 6.70. The lowest BCUT2D eigenvalue weighted by atomic mass is 10.1. The summed E-state index contributed by atoms with van der Waals surface area (Å²) in [5, 5.41) is 3.27. The molecule has 2 aromatic rings. The third kappa shape index (κ3) is 3.90. The summed E-state index contributed by atoms with van der Waals surface area (Å²) >= 11 is 5.94. The van der Waals surface area contributed by atoms with Crippen LogP contribution in [0.1, 0.15) is 21.5 Å². The summed E-state index contributed by atoms with van der Waals surface area (Å²) in [5.74, 6) is -0.388. The fraction of sp³-hybridized carbons (Fsp3) is 0.188. The van der Waals surface area contributed by atoms with E-state index in [4.69, 9.17) is 11.6 Å². The van der Waals surface area contributed by atoms with Gasteiger partial charge in [0.2, 0.25) is 10.0 Å². The standard InChI is InChI=1S/C16H17ClN2O3S/c1-10-5-7-13(23(21,22)18-3)9-14(10)16(20)19-15-8-12(17)6-4-11(15)2/h4-9,18H,1-3H3,(H,19,20). The minimum Gasteiger partial charge on any atom is -0.322 e. The first-order chi connectivity index (χ1) is 10.7. The molecular formula is C16H17ClN2O3S. The number of anilines is 1. The molecule has 0 spiro atoms. The summed E-state index contributed by atoms with van der Waals surface area (Å²) in [5.41, 5.74) is 2.42. The molecule has 2 aromatic carbocycles. The maximum Gasteiger partial charge on any atom is 0.255 e. The van der Waals surface area contributed by atoms with Crippen LogP contribution in [-0.4, -0.2) is 21.4 Å². The van der Waals surface area contributed by atoms with Gasteiger partial charge in [-0.2, -0.15) is 0 Å². The van der Waals surface area contributed by atoms with Gasteiger partial charge in [0.1, 0.15) is 0 Å². The Hall–Kier alpha value is -1.89. The smallest absolute Gasteiger partial charge is 0.255 e. The maximum absolute atomic E-state index is 12.5. The van der Waals surface area contributed by atoms with Crippen molar-refractivity contribution in [2.75, 3.05) is 12.4 Å². The number of hydrogen-bond donors (Lipinski definition) is 2. The van der Waals surface area contributed by atoms with Crippen LogP contribution in [0.25, 0.3) is 0 Å². The lowest BCUT2D eigenvalue weighted by Crippen LogP contribution is -2.20. The molecule has 0 heterocycles. The second-order valence-electron chi connectivity index (χ2n) is 5.10. The monoisotopic (exact) mass is 352 g/mol. The Kier molecular flexibility index (Phi) is 5.09. The van der Waals surface area contributed by atoms with Crippen molar-refractivity contribution in [2.24, 2.45) is 0 Å². The number of amides is 1. The van der Waals surface area contributed by atoms with Crippen LogP contribution >= 0.6 is 11.6 Å². The van der Waals surface area contributed by atoms with Crippen LogP contribution in [0.3, 0.4) is 0 Å². The van der Waals surface area contributed by atoms with Crippen LogP contribution in [0.2, 0.25) is 5.02 Å². The third-order valence-electron chi connectivity index (χ3n) is 3.48. The lowest BCUT2D eigenvalue weighted by molar-refractivity contribution is 0.102. The van der Waals surface area contributed by atoms with Crippen LogP contribution in [0.15, 0.2) is 41.3 Å². The Labute approximate surface area is 140 Å². The van der Waals surface area contributed by atoms with E-state index in [1.807, 2.05) is 6.92 Å². The summed E-state index contributed by atoms with van der Waals surface area (Å²) in [6, 6.07) is 9.60.